The second-order valence-corrected chi connectivity index (χ2v) is 6.48. The van der Waals surface area contributed by atoms with Crippen molar-refractivity contribution in [2.24, 2.45) is 5.92 Å². The molecule has 0 N–H and O–H groups in total. The van der Waals surface area contributed by atoms with Crippen LogP contribution in [0.25, 0.3) is 11.0 Å². The summed E-state index contributed by atoms with van der Waals surface area (Å²) in [5.74, 6) is 0.475. The van der Waals surface area contributed by atoms with Crippen LogP contribution in [0, 0.1) is 12.8 Å². The van der Waals surface area contributed by atoms with Crippen LogP contribution in [-0.2, 0) is 0 Å². The lowest BCUT2D eigenvalue weighted by Crippen LogP contribution is -2.16. The van der Waals surface area contributed by atoms with Gasteiger partial charge in [-0.15, -0.1) is 16.4 Å². The largest absolute Gasteiger partial charge is 0.236 e. The minimum absolute atomic E-state index is 0.256. The zero-order valence-corrected chi connectivity index (χ0v) is 12.2. The van der Waals surface area contributed by atoms with Gasteiger partial charge in [-0.1, -0.05) is 31.2 Å². The molecular weight excluding hydrogens is 254 g/mol. The highest BCUT2D eigenvalue weighted by atomic mass is 32.1. The van der Waals surface area contributed by atoms with E-state index in [0.29, 0.717) is 5.92 Å². The van der Waals surface area contributed by atoms with Gasteiger partial charge < -0.3 is 0 Å². The molecule has 0 amide bonds. The Labute approximate surface area is 116 Å². The summed E-state index contributed by atoms with van der Waals surface area (Å²) in [5.41, 5.74) is 2.06. The number of rotatable bonds is 3. The van der Waals surface area contributed by atoms with Crippen LogP contribution in [0.2, 0.25) is 0 Å². The predicted octanol–water partition coefficient (Wildman–Crippen LogP) is 4.05. The number of thiophene rings is 1. The maximum Gasteiger partial charge on any atom is 0.113 e. The smallest absolute Gasteiger partial charge is 0.113 e. The third kappa shape index (κ3) is 2.16. The summed E-state index contributed by atoms with van der Waals surface area (Å²) in [6, 6.07) is 12.8. The van der Waals surface area contributed by atoms with E-state index >= 15 is 0 Å². The molecule has 98 valence electrons. The number of para-hydroxylation sites is 1. The third-order valence-corrected chi connectivity index (χ3v) is 4.40. The van der Waals surface area contributed by atoms with E-state index in [4.69, 9.17) is 0 Å². The number of hydrogen-bond donors (Lipinski definition) is 0. The van der Waals surface area contributed by atoms with E-state index in [1.165, 1.54) is 9.75 Å². The highest BCUT2D eigenvalue weighted by Crippen LogP contribution is 2.33. The van der Waals surface area contributed by atoms with E-state index in [1.807, 2.05) is 29.5 Å². The first-order valence-corrected chi connectivity index (χ1v) is 7.34. The number of hydrogen-bond acceptors (Lipinski definition) is 3. The molecule has 3 nitrogen and oxygen atoms in total. The molecule has 3 aromatic rings. The molecule has 0 spiro atoms. The topological polar surface area (TPSA) is 30.7 Å². The molecule has 0 aliphatic rings. The third-order valence-electron chi connectivity index (χ3n) is 3.32. The van der Waals surface area contributed by atoms with Gasteiger partial charge in [0.05, 0.1) is 11.6 Å². The Bertz CT molecular complexity index is 696. The van der Waals surface area contributed by atoms with Crippen LogP contribution in [0.15, 0.2) is 36.4 Å². The molecule has 0 saturated heterocycles. The summed E-state index contributed by atoms with van der Waals surface area (Å²) >= 11 is 1.84. The fourth-order valence-electron chi connectivity index (χ4n) is 2.44. The summed E-state index contributed by atoms with van der Waals surface area (Å²) in [5, 5.41) is 8.65. The van der Waals surface area contributed by atoms with Crippen molar-refractivity contribution in [2.45, 2.75) is 26.8 Å². The van der Waals surface area contributed by atoms with E-state index in [2.05, 4.69) is 54.0 Å². The minimum Gasteiger partial charge on any atom is -0.236 e. The molecule has 2 aromatic heterocycles. The second kappa shape index (κ2) is 4.78. The zero-order valence-electron chi connectivity index (χ0n) is 11.4. The highest BCUT2D eigenvalue weighted by molar-refractivity contribution is 7.12. The van der Waals surface area contributed by atoms with Crippen molar-refractivity contribution in [1.29, 1.82) is 0 Å². The molecule has 2 heterocycles. The molecule has 0 fully saturated rings. The predicted molar refractivity (Wildman–Crippen MR) is 79.6 cm³/mol. The van der Waals surface area contributed by atoms with Crippen LogP contribution >= 0.6 is 11.3 Å². The van der Waals surface area contributed by atoms with Crippen molar-refractivity contribution in [1.82, 2.24) is 15.0 Å². The molecule has 0 aliphatic carbocycles. The van der Waals surface area contributed by atoms with Gasteiger partial charge in [0.15, 0.2) is 0 Å². The summed E-state index contributed by atoms with van der Waals surface area (Å²) in [6.07, 6.45) is 0. The van der Waals surface area contributed by atoms with Gasteiger partial charge >= 0.3 is 0 Å². The Balaban J connectivity index is 2.15. The lowest BCUT2D eigenvalue weighted by Gasteiger charge is -2.20. The van der Waals surface area contributed by atoms with Crippen molar-refractivity contribution in [3.63, 3.8) is 0 Å². The molecule has 1 unspecified atom stereocenters. The Kier molecular flexibility index (Phi) is 3.11. The van der Waals surface area contributed by atoms with Crippen LogP contribution in [0.1, 0.15) is 29.6 Å². The quantitative estimate of drug-likeness (QED) is 0.719. The van der Waals surface area contributed by atoms with Gasteiger partial charge in [-0.05, 0) is 37.1 Å². The van der Waals surface area contributed by atoms with Gasteiger partial charge in [-0.3, -0.25) is 0 Å². The van der Waals surface area contributed by atoms with Gasteiger partial charge in [0.1, 0.15) is 5.52 Å². The van der Waals surface area contributed by atoms with E-state index in [-0.39, 0.29) is 6.04 Å². The van der Waals surface area contributed by atoms with E-state index in [9.17, 15) is 0 Å². The van der Waals surface area contributed by atoms with E-state index in [0.717, 1.165) is 11.0 Å². The van der Waals surface area contributed by atoms with E-state index in [1.54, 1.807) is 0 Å². The van der Waals surface area contributed by atoms with Crippen LogP contribution < -0.4 is 0 Å². The van der Waals surface area contributed by atoms with Crippen molar-refractivity contribution in [3.8, 4) is 0 Å². The molecule has 19 heavy (non-hydrogen) atoms. The summed E-state index contributed by atoms with van der Waals surface area (Å²) in [4.78, 5) is 2.69. The van der Waals surface area contributed by atoms with Crippen molar-refractivity contribution < 1.29 is 0 Å². The first kappa shape index (κ1) is 12.4. The van der Waals surface area contributed by atoms with Gasteiger partial charge in [-0.25, -0.2) is 4.68 Å². The summed E-state index contributed by atoms with van der Waals surface area (Å²) < 4.78 is 2.06. The Morgan fingerprint density at radius 2 is 1.89 bits per heavy atom. The highest BCUT2D eigenvalue weighted by Gasteiger charge is 2.22. The standard InChI is InChI=1S/C15H17N3S/c1-10(2)15(14-9-8-11(3)19-14)18-13-7-5-4-6-12(13)16-17-18/h4-10,15H,1-3H3. The number of aromatic nitrogens is 3. The Morgan fingerprint density at radius 1 is 1.11 bits per heavy atom. The molecular formula is C15H17N3S. The van der Waals surface area contributed by atoms with Crippen LogP contribution in [0.3, 0.4) is 0 Å². The zero-order chi connectivity index (χ0) is 13.4. The van der Waals surface area contributed by atoms with Crippen molar-refractivity contribution >= 4 is 22.4 Å². The number of benzene rings is 1. The lowest BCUT2D eigenvalue weighted by atomic mass is 10.0. The van der Waals surface area contributed by atoms with Crippen LogP contribution in [-0.4, -0.2) is 15.0 Å². The van der Waals surface area contributed by atoms with Gasteiger partial charge in [0, 0.05) is 9.75 Å². The lowest BCUT2D eigenvalue weighted by molar-refractivity contribution is 0.410. The fourth-order valence-corrected chi connectivity index (χ4v) is 3.57. The van der Waals surface area contributed by atoms with Crippen LogP contribution in [0.4, 0.5) is 0 Å². The first-order valence-electron chi connectivity index (χ1n) is 6.53. The maximum absolute atomic E-state index is 4.38. The molecule has 0 bridgehead atoms. The first-order chi connectivity index (χ1) is 9.16. The molecule has 0 aliphatic heterocycles. The average Bonchev–Trinajstić information content (AvgIpc) is 2.98. The summed E-state index contributed by atoms with van der Waals surface area (Å²) in [7, 11) is 0. The molecule has 4 heteroatoms. The second-order valence-electron chi connectivity index (χ2n) is 5.16. The Morgan fingerprint density at radius 3 is 2.58 bits per heavy atom. The average molecular weight is 271 g/mol. The molecule has 0 saturated carbocycles. The number of nitrogens with zero attached hydrogens (tertiary/aromatic N) is 3. The van der Waals surface area contributed by atoms with Gasteiger partial charge in [0.25, 0.3) is 0 Å². The minimum atomic E-state index is 0.256. The van der Waals surface area contributed by atoms with Crippen LogP contribution in [0.5, 0.6) is 0 Å². The van der Waals surface area contributed by atoms with Gasteiger partial charge in [-0.2, -0.15) is 0 Å². The SMILES string of the molecule is Cc1ccc(C(C(C)C)n2nnc3ccccc32)s1. The van der Waals surface area contributed by atoms with Crippen molar-refractivity contribution in [3.05, 3.63) is 46.2 Å². The number of fused-ring (bicyclic) bond motifs is 1. The monoisotopic (exact) mass is 271 g/mol. The van der Waals surface area contributed by atoms with E-state index < -0.39 is 0 Å². The normalized spacial score (nSPS) is 13.3. The van der Waals surface area contributed by atoms with Gasteiger partial charge in [0.2, 0.25) is 0 Å². The summed E-state index contributed by atoms with van der Waals surface area (Å²) in [6.45, 7) is 6.61. The Hall–Kier alpha value is -1.68. The molecule has 0 radical (unpaired) electrons. The molecule has 1 aromatic carbocycles. The maximum atomic E-state index is 4.38. The fraction of sp³-hybridized carbons (Fsp3) is 0.333. The number of aryl methyl sites for hydroxylation is 1. The van der Waals surface area contributed by atoms with Crippen molar-refractivity contribution in [2.75, 3.05) is 0 Å². The molecule has 3 rings (SSSR count). The molecule has 1 atom stereocenters.